The number of aromatic nitrogens is 3. The summed E-state index contributed by atoms with van der Waals surface area (Å²) in [6.45, 7) is 4.87. The van der Waals surface area contributed by atoms with E-state index >= 15 is 0 Å². The number of thiazole rings is 1. The quantitative estimate of drug-likeness (QED) is 0.775. The Morgan fingerprint density at radius 2 is 2.04 bits per heavy atom. The van der Waals surface area contributed by atoms with Crippen molar-refractivity contribution in [1.82, 2.24) is 19.4 Å². The number of amides is 1. The summed E-state index contributed by atoms with van der Waals surface area (Å²) in [7, 11) is 0. The Bertz CT molecular complexity index is 741. The van der Waals surface area contributed by atoms with Crippen molar-refractivity contribution in [3.8, 4) is 0 Å². The highest BCUT2D eigenvalue weighted by atomic mass is 32.1. The number of carbonyl (C=O) groups excluding carboxylic acids is 1. The number of hydrogen-bond donors (Lipinski definition) is 0. The first-order valence-corrected chi connectivity index (χ1v) is 10.8. The van der Waals surface area contributed by atoms with Crippen molar-refractivity contribution < 1.29 is 4.79 Å². The zero-order valence-electron chi connectivity index (χ0n) is 15.6. The first-order chi connectivity index (χ1) is 12.7. The molecule has 1 aliphatic carbocycles. The second-order valence-electron chi connectivity index (χ2n) is 7.75. The Morgan fingerprint density at radius 3 is 2.69 bits per heavy atom. The fraction of sp³-hybridized carbons (Fsp3) is 0.650. The number of rotatable bonds is 6. The number of carbonyl (C=O) groups is 1. The van der Waals surface area contributed by atoms with Crippen molar-refractivity contribution in [2.24, 2.45) is 5.92 Å². The number of likely N-dealkylation sites (tertiary alicyclic amines) is 1. The molecule has 0 aromatic carbocycles. The normalized spacial score (nSPS) is 18.9. The second-order valence-corrected chi connectivity index (χ2v) is 8.69. The van der Waals surface area contributed by atoms with Crippen molar-refractivity contribution in [1.29, 1.82) is 0 Å². The van der Waals surface area contributed by atoms with Crippen LogP contribution in [0.1, 0.15) is 60.8 Å². The third-order valence-electron chi connectivity index (χ3n) is 6.05. The minimum Gasteiger partial charge on any atom is -0.343 e. The Morgan fingerprint density at radius 1 is 1.23 bits per heavy atom. The van der Waals surface area contributed by atoms with Gasteiger partial charge in [0, 0.05) is 49.2 Å². The van der Waals surface area contributed by atoms with E-state index in [0.29, 0.717) is 12.3 Å². The van der Waals surface area contributed by atoms with E-state index in [1.807, 2.05) is 23.5 Å². The van der Waals surface area contributed by atoms with Gasteiger partial charge in [0.25, 0.3) is 0 Å². The van der Waals surface area contributed by atoms with Gasteiger partial charge in [0.2, 0.25) is 5.91 Å². The summed E-state index contributed by atoms with van der Waals surface area (Å²) in [5, 5.41) is 0. The zero-order chi connectivity index (χ0) is 17.9. The van der Waals surface area contributed by atoms with Crippen molar-refractivity contribution in [3.63, 3.8) is 0 Å². The van der Waals surface area contributed by atoms with Gasteiger partial charge < -0.3 is 9.47 Å². The minimum absolute atomic E-state index is 0.286. The largest absolute Gasteiger partial charge is 0.343 e. The van der Waals surface area contributed by atoms with Gasteiger partial charge in [0.1, 0.15) is 5.82 Å². The first kappa shape index (κ1) is 17.7. The van der Waals surface area contributed by atoms with Crippen LogP contribution in [0.15, 0.2) is 17.9 Å². The van der Waals surface area contributed by atoms with E-state index in [4.69, 9.17) is 0 Å². The molecule has 0 unspecified atom stereocenters. The molecule has 2 aliphatic rings. The molecule has 1 saturated heterocycles. The first-order valence-electron chi connectivity index (χ1n) is 9.88. The van der Waals surface area contributed by atoms with Crippen LogP contribution in [0.5, 0.6) is 0 Å². The van der Waals surface area contributed by atoms with Crippen molar-refractivity contribution >= 4 is 17.2 Å². The summed E-state index contributed by atoms with van der Waals surface area (Å²) < 4.78 is 2.37. The van der Waals surface area contributed by atoms with Crippen LogP contribution in [0, 0.1) is 12.8 Å². The standard InChI is InChI=1S/C20H28N4OS/c1-15-18(26-14-22-15)5-6-19(25)23-10-7-17(8-11-23)20-21-9-12-24(20)13-16-3-2-4-16/h9,12,14,16-17H,2-8,10-11,13H2,1H3. The molecule has 2 fully saturated rings. The number of hydrogen-bond acceptors (Lipinski definition) is 4. The van der Waals surface area contributed by atoms with E-state index in [1.165, 1.54) is 30.0 Å². The Kier molecular flexibility index (Phi) is 5.38. The summed E-state index contributed by atoms with van der Waals surface area (Å²) >= 11 is 1.66. The molecule has 1 saturated carbocycles. The van der Waals surface area contributed by atoms with Gasteiger partial charge in [-0.3, -0.25) is 4.79 Å². The molecule has 6 heteroatoms. The Balaban J connectivity index is 1.28. The van der Waals surface area contributed by atoms with Crippen molar-refractivity contribution in [2.45, 2.75) is 64.3 Å². The maximum atomic E-state index is 12.5. The molecule has 3 heterocycles. The highest BCUT2D eigenvalue weighted by Gasteiger charge is 2.27. The van der Waals surface area contributed by atoms with E-state index in [1.54, 1.807) is 11.3 Å². The Hall–Kier alpha value is -1.69. The molecule has 0 spiro atoms. The molecule has 4 rings (SSSR count). The van der Waals surface area contributed by atoms with Crippen LogP contribution >= 0.6 is 11.3 Å². The molecule has 0 atom stereocenters. The fourth-order valence-corrected chi connectivity index (χ4v) is 4.90. The topological polar surface area (TPSA) is 51.0 Å². The lowest BCUT2D eigenvalue weighted by molar-refractivity contribution is -0.132. The molecular formula is C20H28N4OS. The van der Waals surface area contributed by atoms with Gasteiger partial charge in [0.05, 0.1) is 11.2 Å². The van der Waals surface area contributed by atoms with E-state index in [2.05, 4.69) is 20.7 Å². The summed E-state index contributed by atoms with van der Waals surface area (Å²) in [4.78, 5) is 24.8. The number of nitrogens with zero attached hydrogens (tertiary/aromatic N) is 4. The average molecular weight is 373 g/mol. The molecule has 0 radical (unpaired) electrons. The molecule has 140 valence electrons. The summed E-state index contributed by atoms with van der Waals surface area (Å²) in [6, 6.07) is 0. The molecule has 0 bridgehead atoms. The average Bonchev–Trinajstić information content (AvgIpc) is 3.25. The molecular weight excluding hydrogens is 344 g/mol. The van der Waals surface area contributed by atoms with Gasteiger partial charge in [-0.25, -0.2) is 9.97 Å². The van der Waals surface area contributed by atoms with E-state index in [-0.39, 0.29) is 5.91 Å². The molecule has 1 aliphatic heterocycles. The van der Waals surface area contributed by atoms with Crippen LogP contribution in [-0.2, 0) is 17.8 Å². The molecule has 2 aromatic heterocycles. The molecule has 0 N–H and O–H groups in total. The van der Waals surface area contributed by atoms with Gasteiger partial charge in [-0.1, -0.05) is 6.42 Å². The fourth-order valence-electron chi connectivity index (χ4n) is 4.12. The monoisotopic (exact) mass is 372 g/mol. The summed E-state index contributed by atoms with van der Waals surface area (Å²) in [6.07, 6.45) is 11.7. The van der Waals surface area contributed by atoms with Crippen molar-refractivity contribution in [3.05, 3.63) is 34.3 Å². The van der Waals surface area contributed by atoms with Gasteiger partial charge in [-0.2, -0.15) is 0 Å². The van der Waals surface area contributed by atoms with Crippen LogP contribution < -0.4 is 0 Å². The van der Waals surface area contributed by atoms with Crippen LogP contribution in [-0.4, -0.2) is 38.4 Å². The maximum absolute atomic E-state index is 12.5. The minimum atomic E-state index is 0.286. The lowest BCUT2D eigenvalue weighted by Gasteiger charge is -2.33. The summed E-state index contributed by atoms with van der Waals surface area (Å²) in [5.74, 6) is 2.87. The van der Waals surface area contributed by atoms with Gasteiger partial charge >= 0.3 is 0 Å². The number of aryl methyl sites for hydroxylation is 2. The zero-order valence-corrected chi connectivity index (χ0v) is 16.4. The van der Waals surface area contributed by atoms with Gasteiger partial charge in [-0.05, 0) is 44.9 Å². The third kappa shape index (κ3) is 3.85. The van der Waals surface area contributed by atoms with E-state index in [9.17, 15) is 4.79 Å². The lowest BCUT2D eigenvalue weighted by Crippen LogP contribution is -2.38. The highest BCUT2D eigenvalue weighted by Crippen LogP contribution is 2.31. The number of imidazole rings is 1. The van der Waals surface area contributed by atoms with E-state index in [0.717, 1.165) is 50.5 Å². The highest BCUT2D eigenvalue weighted by molar-refractivity contribution is 7.09. The maximum Gasteiger partial charge on any atom is 0.222 e. The predicted molar refractivity (Wildman–Crippen MR) is 103 cm³/mol. The SMILES string of the molecule is Cc1ncsc1CCC(=O)N1CCC(c2nccn2CC2CCC2)CC1. The van der Waals surface area contributed by atoms with Crippen LogP contribution in [0.2, 0.25) is 0 Å². The van der Waals surface area contributed by atoms with Gasteiger partial charge in [0.15, 0.2) is 0 Å². The molecule has 2 aromatic rings. The van der Waals surface area contributed by atoms with Crippen LogP contribution in [0.25, 0.3) is 0 Å². The molecule has 1 amide bonds. The smallest absolute Gasteiger partial charge is 0.222 e. The van der Waals surface area contributed by atoms with Crippen LogP contribution in [0.4, 0.5) is 0 Å². The Labute approximate surface area is 159 Å². The van der Waals surface area contributed by atoms with E-state index < -0.39 is 0 Å². The third-order valence-corrected chi connectivity index (χ3v) is 7.05. The lowest BCUT2D eigenvalue weighted by atomic mass is 9.85. The van der Waals surface area contributed by atoms with Gasteiger partial charge in [-0.15, -0.1) is 11.3 Å². The summed E-state index contributed by atoms with van der Waals surface area (Å²) in [5.41, 5.74) is 2.94. The van der Waals surface area contributed by atoms with Crippen LogP contribution in [0.3, 0.4) is 0 Å². The second kappa shape index (κ2) is 7.91. The molecule has 5 nitrogen and oxygen atoms in total. The predicted octanol–water partition coefficient (Wildman–Crippen LogP) is 3.79. The molecule has 26 heavy (non-hydrogen) atoms. The number of piperidine rings is 1. The van der Waals surface area contributed by atoms with Crippen molar-refractivity contribution in [2.75, 3.05) is 13.1 Å².